The molecule has 0 radical (unpaired) electrons. The molecule has 90 valence electrons. The molecule has 0 aromatic carbocycles. The third-order valence-corrected chi connectivity index (χ3v) is 3.32. The summed E-state index contributed by atoms with van der Waals surface area (Å²) in [7, 11) is -9.67. The second-order valence-corrected chi connectivity index (χ2v) is 5.77. The number of hydrogen-bond acceptors (Lipinski definition) is 4. The predicted molar refractivity (Wildman–Crippen MR) is 53.0 cm³/mol. The zero-order valence-corrected chi connectivity index (χ0v) is 10.1. The highest BCUT2D eigenvalue weighted by atomic mass is 31.3. The van der Waals surface area contributed by atoms with Crippen LogP contribution in [-0.2, 0) is 18.0 Å². The van der Waals surface area contributed by atoms with E-state index in [9.17, 15) is 9.13 Å². The highest BCUT2D eigenvalue weighted by molar-refractivity contribution is 7.60. The zero-order valence-electron chi connectivity index (χ0n) is 8.36. The van der Waals surface area contributed by atoms with Crippen molar-refractivity contribution in [3.63, 3.8) is 0 Å². The second-order valence-electron chi connectivity index (χ2n) is 2.94. The summed E-state index contributed by atoms with van der Waals surface area (Å²) in [5, 5.41) is 0. The fourth-order valence-electron chi connectivity index (χ4n) is 0.674. The first kappa shape index (κ1) is 15.0. The molecular formula is C6H14O7P2. The lowest BCUT2D eigenvalue weighted by molar-refractivity contribution is 0.180. The van der Waals surface area contributed by atoms with Crippen LogP contribution in [0.4, 0.5) is 0 Å². The van der Waals surface area contributed by atoms with Gasteiger partial charge in [-0.15, -0.1) is 0 Å². The van der Waals surface area contributed by atoms with E-state index in [0.717, 1.165) is 5.57 Å². The monoisotopic (exact) mass is 260 g/mol. The van der Waals surface area contributed by atoms with Crippen molar-refractivity contribution in [2.45, 2.75) is 20.3 Å². The minimum Gasteiger partial charge on any atom is -0.302 e. The minimum absolute atomic E-state index is 0.154. The van der Waals surface area contributed by atoms with Gasteiger partial charge in [-0.3, -0.25) is 4.52 Å². The highest BCUT2D eigenvalue weighted by Crippen LogP contribution is 2.57. The molecule has 0 bridgehead atoms. The molecule has 0 aliphatic rings. The van der Waals surface area contributed by atoms with Gasteiger partial charge in [0.2, 0.25) is 0 Å². The van der Waals surface area contributed by atoms with Gasteiger partial charge in [0.15, 0.2) is 0 Å². The Morgan fingerprint density at radius 1 is 1.27 bits per heavy atom. The van der Waals surface area contributed by atoms with Crippen molar-refractivity contribution < 1.29 is 32.6 Å². The molecule has 0 saturated heterocycles. The van der Waals surface area contributed by atoms with E-state index in [2.05, 4.69) is 8.83 Å². The largest absolute Gasteiger partial charge is 0.481 e. The Kier molecular flexibility index (Phi) is 5.92. The summed E-state index contributed by atoms with van der Waals surface area (Å²) < 4.78 is 29.0. The Hall–Kier alpha value is -0.0000000000000000416. The first-order chi connectivity index (χ1) is 6.62. The van der Waals surface area contributed by atoms with Crippen LogP contribution < -0.4 is 0 Å². The number of hydrogen-bond donors (Lipinski definition) is 3. The maximum Gasteiger partial charge on any atom is 0.481 e. The van der Waals surface area contributed by atoms with Crippen LogP contribution in [0.3, 0.4) is 0 Å². The van der Waals surface area contributed by atoms with Crippen molar-refractivity contribution in [3.8, 4) is 0 Å². The Morgan fingerprint density at radius 2 is 1.80 bits per heavy atom. The lowest BCUT2D eigenvalue weighted by Crippen LogP contribution is -1.95. The van der Waals surface area contributed by atoms with Crippen LogP contribution in [0.5, 0.6) is 0 Å². The molecule has 0 aliphatic heterocycles. The number of allylic oxidation sites excluding steroid dienone is 1. The van der Waals surface area contributed by atoms with Gasteiger partial charge in [-0.1, -0.05) is 11.6 Å². The van der Waals surface area contributed by atoms with Crippen molar-refractivity contribution in [3.05, 3.63) is 11.6 Å². The fourth-order valence-corrected chi connectivity index (χ4v) is 2.27. The Labute approximate surface area is 87.6 Å². The predicted octanol–water partition coefficient (Wildman–Crippen LogP) is 1.57. The van der Waals surface area contributed by atoms with Crippen molar-refractivity contribution in [2.24, 2.45) is 0 Å². The van der Waals surface area contributed by atoms with Gasteiger partial charge in [-0.05, 0) is 20.3 Å². The first-order valence-corrected chi connectivity index (χ1v) is 7.02. The molecule has 3 N–H and O–H groups in total. The minimum atomic E-state index is -5.01. The molecule has 0 fully saturated rings. The quantitative estimate of drug-likeness (QED) is 0.377. The summed E-state index contributed by atoms with van der Waals surface area (Å²) in [6.07, 6.45) is 2.11. The maximum absolute atomic E-state index is 10.9. The first-order valence-electron chi connectivity index (χ1n) is 4.00. The average Bonchev–Trinajstić information content (AvgIpc) is 1.93. The molecule has 0 heterocycles. The summed E-state index contributed by atoms with van der Waals surface area (Å²) in [4.78, 5) is 25.3. The van der Waals surface area contributed by atoms with Crippen LogP contribution in [0.25, 0.3) is 0 Å². The average molecular weight is 260 g/mol. The molecule has 0 aliphatic carbocycles. The highest BCUT2D eigenvalue weighted by Gasteiger charge is 2.31. The summed E-state index contributed by atoms with van der Waals surface area (Å²) >= 11 is 0. The van der Waals surface area contributed by atoms with Gasteiger partial charge in [0, 0.05) is 0 Å². The van der Waals surface area contributed by atoms with E-state index in [1.54, 1.807) is 6.08 Å². The number of phosphoric ester groups is 1. The van der Waals surface area contributed by atoms with Crippen molar-refractivity contribution in [2.75, 3.05) is 6.61 Å². The molecule has 9 heteroatoms. The van der Waals surface area contributed by atoms with Gasteiger partial charge < -0.3 is 14.7 Å². The third kappa shape index (κ3) is 10.3. The molecule has 1 atom stereocenters. The maximum atomic E-state index is 10.9. The van der Waals surface area contributed by atoms with Crippen LogP contribution in [0, 0.1) is 0 Å². The molecule has 0 aromatic rings. The lowest BCUT2D eigenvalue weighted by Gasteiger charge is -2.11. The SMILES string of the molecule is CC(C)=CCCOP(=O)(O)OP(=O)(O)O. The number of rotatable bonds is 6. The molecular weight excluding hydrogens is 246 g/mol. The van der Waals surface area contributed by atoms with E-state index in [4.69, 9.17) is 14.7 Å². The second kappa shape index (κ2) is 5.92. The van der Waals surface area contributed by atoms with E-state index in [1.807, 2.05) is 13.8 Å². The number of phosphoric acid groups is 2. The topological polar surface area (TPSA) is 113 Å². The van der Waals surface area contributed by atoms with E-state index < -0.39 is 15.6 Å². The van der Waals surface area contributed by atoms with E-state index in [-0.39, 0.29) is 6.61 Å². The molecule has 15 heavy (non-hydrogen) atoms. The van der Waals surface area contributed by atoms with Gasteiger partial charge in [0.25, 0.3) is 0 Å². The summed E-state index contributed by atoms with van der Waals surface area (Å²) in [5.74, 6) is 0. The standard InChI is InChI=1S/C6H14O7P2/c1-6(2)4-3-5-12-15(10,11)13-14(7,8)9/h4H,3,5H2,1-2H3,(H,10,11)(H2,7,8,9). The van der Waals surface area contributed by atoms with Crippen molar-refractivity contribution in [1.29, 1.82) is 0 Å². The van der Waals surface area contributed by atoms with Crippen molar-refractivity contribution in [1.82, 2.24) is 0 Å². The normalized spacial score (nSPS) is 15.8. The Balaban J connectivity index is 4.01. The molecule has 0 spiro atoms. The van der Waals surface area contributed by atoms with Gasteiger partial charge in [0.1, 0.15) is 0 Å². The van der Waals surface area contributed by atoms with Crippen molar-refractivity contribution >= 4 is 15.6 Å². The van der Waals surface area contributed by atoms with Gasteiger partial charge in [0.05, 0.1) is 6.61 Å². The van der Waals surface area contributed by atoms with Gasteiger partial charge in [-0.25, -0.2) is 9.13 Å². The van der Waals surface area contributed by atoms with Crippen LogP contribution in [-0.4, -0.2) is 21.3 Å². The molecule has 0 aromatic heterocycles. The zero-order chi connectivity index (χ0) is 12.1. The van der Waals surface area contributed by atoms with Crippen LogP contribution in [0.1, 0.15) is 20.3 Å². The summed E-state index contributed by atoms with van der Waals surface area (Å²) in [6, 6.07) is 0. The van der Waals surface area contributed by atoms with Gasteiger partial charge >= 0.3 is 15.6 Å². The van der Waals surface area contributed by atoms with Crippen LogP contribution in [0.15, 0.2) is 11.6 Å². The Bertz CT molecular complexity index is 313. The van der Waals surface area contributed by atoms with Crippen LogP contribution >= 0.6 is 15.6 Å². The fraction of sp³-hybridized carbons (Fsp3) is 0.667. The summed E-state index contributed by atoms with van der Waals surface area (Å²) in [5.41, 5.74) is 1.00. The Morgan fingerprint density at radius 3 is 2.20 bits per heavy atom. The smallest absolute Gasteiger partial charge is 0.302 e. The lowest BCUT2D eigenvalue weighted by atomic mass is 10.3. The third-order valence-electron chi connectivity index (χ3n) is 1.13. The van der Waals surface area contributed by atoms with E-state index in [1.165, 1.54) is 0 Å². The molecule has 0 saturated carbocycles. The molecule has 7 nitrogen and oxygen atoms in total. The molecule has 0 rings (SSSR count). The molecule has 0 amide bonds. The molecule has 1 unspecified atom stereocenters. The van der Waals surface area contributed by atoms with E-state index in [0.29, 0.717) is 6.42 Å². The van der Waals surface area contributed by atoms with Gasteiger partial charge in [-0.2, -0.15) is 4.31 Å². The van der Waals surface area contributed by atoms with Crippen LogP contribution in [0.2, 0.25) is 0 Å². The summed E-state index contributed by atoms with van der Waals surface area (Å²) in [6.45, 7) is 3.52. The van der Waals surface area contributed by atoms with E-state index >= 15 is 0 Å².